The van der Waals surface area contributed by atoms with Gasteiger partial charge in [-0.25, -0.2) is 0 Å². The number of rotatable bonds is 1. The van der Waals surface area contributed by atoms with Crippen molar-refractivity contribution in [3.05, 3.63) is 21.6 Å². The quantitative estimate of drug-likeness (QED) is 0.753. The molecule has 1 aromatic heterocycles. The van der Waals surface area contributed by atoms with Gasteiger partial charge >= 0.3 is 0 Å². The van der Waals surface area contributed by atoms with Crippen LogP contribution in [0, 0.1) is 0 Å². The zero-order valence-electron chi connectivity index (χ0n) is 9.53. The highest BCUT2D eigenvalue weighted by atomic mass is 16.5. The van der Waals surface area contributed by atoms with Crippen molar-refractivity contribution >= 4 is 0 Å². The van der Waals surface area contributed by atoms with Gasteiger partial charge in [0.2, 0.25) is 0 Å². The van der Waals surface area contributed by atoms with Gasteiger partial charge in [-0.2, -0.15) is 0 Å². The van der Waals surface area contributed by atoms with E-state index in [4.69, 9.17) is 4.74 Å². The number of hydrogen-bond acceptors (Lipinski definition) is 3. The number of nitrogens with one attached hydrogen (secondary N) is 1. The average molecular weight is 223 g/mol. The standard InChI is InChI=1S/C11H17N3O2/c1-13-6-9-10(7-13)14(12-11(9)15)8-2-4-16-5-3-8/h8H,2-7H2,1H3,(H,12,15). The lowest BCUT2D eigenvalue weighted by Crippen LogP contribution is -2.24. The Labute approximate surface area is 94.0 Å². The summed E-state index contributed by atoms with van der Waals surface area (Å²) >= 11 is 0. The lowest BCUT2D eigenvalue weighted by molar-refractivity contribution is 0.0649. The third kappa shape index (κ3) is 1.51. The number of fused-ring (bicyclic) bond motifs is 1. The van der Waals surface area contributed by atoms with E-state index in [1.807, 2.05) is 7.05 Å². The summed E-state index contributed by atoms with van der Waals surface area (Å²) in [5.74, 6) is 0. The van der Waals surface area contributed by atoms with E-state index in [9.17, 15) is 4.79 Å². The second-order valence-electron chi connectivity index (χ2n) is 4.75. The molecule has 5 heteroatoms. The summed E-state index contributed by atoms with van der Waals surface area (Å²) in [6.07, 6.45) is 2.00. The minimum atomic E-state index is 0.0887. The van der Waals surface area contributed by atoms with Gasteiger partial charge in [0.15, 0.2) is 0 Å². The largest absolute Gasteiger partial charge is 0.381 e. The van der Waals surface area contributed by atoms with E-state index in [1.165, 1.54) is 5.69 Å². The maximum atomic E-state index is 11.8. The van der Waals surface area contributed by atoms with Crippen molar-refractivity contribution in [2.24, 2.45) is 0 Å². The van der Waals surface area contributed by atoms with Gasteiger partial charge < -0.3 is 4.74 Å². The molecule has 1 aromatic rings. The van der Waals surface area contributed by atoms with Gasteiger partial charge in [0.05, 0.1) is 17.3 Å². The summed E-state index contributed by atoms with van der Waals surface area (Å²) < 4.78 is 7.44. The van der Waals surface area contributed by atoms with Crippen LogP contribution in [0.1, 0.15) is 30.1 Å². The van der Waals surface area contributed by atoms with Crippen molar-refractivity contribution in [2.75, 3.05) is 20.3 Å². The molecule has 1 saturated heterocycles. The van der Waals surface area contributed by atoms with Crippen molar-refractivity contribution in [1.29, 1.82) is 0 Å². The van der Waals surface area contributed by atoms with Gasteiger partial charge in [0.25, 0.3) is 5.56 Å². The Kier molecular flexibility index (Phi) is 2.37. The van der Waals surface area contributed by atoms with Gasteiger partial charge in [0, 0.05) is 26.3 Å². The fraction of sp³-hybridized carbons (Fsp3) is 0.727. The summed E-state index contributed by atoms with van der Waals surface area (Å²) in [6, 6.07) is 0.414. The van der Waals surface area contributed by atoms with Crippen LogP contribution in [0.2, 0.25) is 0 Å². The highest BCUT2D eigenvalue weighted by Gasteiger charge is 2.27. The topological polar surface area (TPSA) is 50.3 Å². The molecule has 0 saturated carbocycles. The predicted molar refractivity (Wildman–Crippen MR) is 59.3 cm³/mol. The number of H-pyrrole nitrogens is 1. The molecule has 2 aliphatic rings. The molecular weight excluding hydrogens is 206 g/mol. The minimum absolute atomic E-state index is 0.0887. The van der Waals surface area contributed by atoms with Crippen molar-refractivity contribution in [2.45, 2.75) is 32.0 Å². The SMILES string of the molecule is CN1Cc2c(n(C3CCOCC3)[nH]c2=O)C1. The third-order valence-electron chi connectivity index (χ3n) is 3.54. The number of nitrogens with zero attached hydrogens (tertiary/aromatic N) is 2. The monoisotopic (exact) mass is 223 g/mol. The van der Waals surface area contributed by atoms with Crippen molar-refractivity contribution in [3.8, 4) is 0 Å². The number of hydrogen-bond donors (Lipinski definition) is 1. The molecule has 0 unspecified atom stereocenters. The number of ether oxygens (including phenoxy) is 1. The Bertz CT molecular complexity index is 443. The summed E-state index contributed by atoms with van der Waals surface area (Å²) in [6.45, 7) is 3.26. The Morgan fingerprint density at radius 1 is 1.31 bits per heavy atom. The molecule has 0 bridgehead atoms. The molecule has 5 nitrogen and oxygen atoms in total. The van der Waals surface area contributed by atoms with E-state index in [0.29, 0.717) is 6.04 Å². The first kappa shape index (κ1) is 10.1. The van der Waals surface area contributed by atoms with E-state index in [-0.39, 0.29) is 5.56 Å². The maximum absolute atomic E-state index is 11.8. The second kappa shape index (κ2) is 3.75. The van der Waals surface area contributed by atoms with Gasteiger partial charge in [-0.15, -0.1) is 0 Å². The Morgan fingerprint density at radius 2 is 2.06 bits per heavy atom. The lowest BCUT2D eigenvalue weighted by atomic mass is 10.1. The molecule has 88 valence electrons. The number of aromatic amines is 1. The smallest absolute Gasteiger partial charge is 0.268 e. The van der Waals surface area contributed by atoms with Crippen molar-refractivity contribution < 1.29 is 4.74 Å². The fourth-order valence-electron chi connectivity index (χ4n) is 2.69. The molecule has 0 aliphatic carbocycles. The molecule has 3 heterocycles. The van der Waals surface area contributed by atoms with Crippen LogP contribution in [0.25, 0.3) is 0 Å². The van der Waals surface area contributed by atoms with Crippen LogP contribution in [0.4, 0.5) is 0 Å². The van der Waals surface area contributed by atoms with Crippen LogP contribution >= 0.6 is 0 Å². The van der Waals surface area contributed by atoms with Crippen molar-refractivity contribution in [1.82, 2.24) is 14.7 Å². The summed E-state index contributed by atoms with van der Waals surface area (Å²) in [5.41, 5.74) is 2.22. The maximum Gasteiger partial charge on any atom is 0.268 e. The summed E-state index contributed by atoms with van der Waals surface area (Å²) in [4.78, 5) is 14.0. The Morgan fingerprint density at radius 3 is 2.81 bits per heavy atom. The molecule has 3 rings (SSSR count). The minimum Gasteiger partial charge on any atom is -0.381 e. The van der Waals surface area contributed by atoms with E-state index < -0.39 is 0 Å². The first-order valence-electron chi connectivity index (χ1n) is 5.84. The average Bonchev–Trinajstić information content (AvgIpc) is 2.80. The molecular formula is C11H17N3O2. The zero-order chi connectivity index (χ0) is 11.1. The van der Waals surface area contributed by atoms with E-state index in [2.05, 4.69) is 14.7 Å². The summed E-state index contributed by atoms with van der Waals surface area (Å²) in [5, 5.41) is 2.98. The highest BCUT2D eigenvalue weighted by Crippen LogP contribution is 2.26. The second-order valence-corrected chi connectivity index (χ2v) is 4.75. The molecule has 1 fully saturated rings. The van der Waals surface area contributed by atoms with Crippen LogP contribution in [0.15, 0.2) is 4.79 Å². The van der Waals surface area contributed by atoms with Crippen LogP contribution in [-0.2, 0) is 17.8 Å². The van der Waals surface area contributed by atoms with Crippen LogP contribution < -0.4 is 5.56 Å². The third-order valence-corrected chi connectivity index (χ3v) is 3.54. The predicted octanol–water partition coefficient (Wildman–Crippen LogP) is 0.473. The highest BCUT2D eigenvalue weighted by molar-refractivity contribution is 5.22. The normalized spacial score (nSPS) is 22.6. The van der Waals surface area contributed by atoms with Gasteiger partial charge in [-0.05, 0) is 19.9 Å². The number of aromatic nitrogens is 2. The van der Waals surface area contributed by atoms with E-state index in [0.717, 1.165) is 44.7 Å². The van der Waals surface area contributed by atoms with Gasteiger partial charge in [0.1, 0.15) is 0 Å². The van der Waals surface area contributed by atoms with Gasteiger partial charge in [-0.1, -0.05) is 0 Å². The van der Waals surface area contributed by atoms with E-state index >= 15 is 0 Å². The molecule has 0 atom stereocenters. The molecule has 0 aromatic carbocycles. The first-order chi connectivity index (χ1) is 7.75. The van der Waals surface area contributed by atoms with Crippen LogP contribution in [0.3, 0.4) is 0 Å². The summed E-state index contributed by atoms with van der Waals surface area (Å²) in [7, 11) is 2.05. The molecule has 0 spiro atoms. The zero-order valence-corrected chi connectivity index (χ0v) is 9.53. The molecule has 0 radical (unpaired) electrons. The van der Waals surface area contributed by atoms with Gasteiger partial charge in [-0.3, -0.25) is 19.5 Å². The molecule has 2 aliphatic heterocycles. The van der Waals surface area contributed by atoms with Crippen LogP contribution in [0.5, 0.6) is 0 Å². The molecule has 0 amide bonds. The molecule has 16 heavy (non-hydrogen) atoms. The Balaban J connectivity index is 1.96. The lowest BCUT2D eigenvalue weighted by Gasteiger charge is -2.24. The Hall–Kier alpha value is -1.07. The van der Waals surface area contributed by atoms with Crippen LogP contribution in [-0.4, -0.2) is 34.9 Å². The fourth-order valence-corrected chi connectivity index (χ4v) is 2.69. The molecule has 1 N–H and O–H groups in total. The van der Waals surface area contributed by atoms with Crippen molar-refractivity contribution in [3.63, 3.8) is 0 Å². The first-order valence-corrected chi connectivity index (χ1v) is 5.84. The van der Waals surface area contributed by atoms with E-state index in [1.54, 1.807) is 0 Å².